The van der Waals surface area contributed by atoms with Gasteiger partial charge in [0, 0.05) is 6.04 Å². The molecule has 0 bridgehead atoms. The van der Waals surface area contributed by atoms with Gasteiger partial charge < -0.3 is 19.7 Å². The number of carbonyl (C=O) groups excluding carboxylic acids is 3. The molecule has 0 spiro atoms. The molecule has 0 unspecified atom stereocenters. The van der Waals surface area contributed by atoms with Crippen molar-refractivity contribution >= 4 is 18.0 Å². The zero-order chi connectivity index (χ0) is 20.4. The number of nitrogens with one attached hydrogen (secondary N) is 1. The van der Waals surface area contributed by atoms with Gasteiger partial charge in [-0.15, -0.1) is 0 Å². The van der Waals surface area contributed by atoms with Crippen LogP contribution in [0.2, 0.25) is 0 Å². The number of ether oxygens (including phenoxy) is 2. The Balaban J connectivity index is 2.28. The van der Waals surface area contributed by atoms with Crippen LogP contribution in [0.5, 0.6) is 0 Å². The quantitative estimate of drug-likeness (QED) is 0.588. The van der Waals surface area contributed by atoms with Gasteiger partial charge in [-0.05, 0) is 66.7 Å². The summed E-state index contributed by atoms with van der Waals surface area (Å²) in [6, 6.07) is -1.36. The predicted octanol–water partition coefficient (Wildman–Crippen LogP) is 2.93. The standard InChI is InChI=1S/C20H32N2O5/c1-12(2)13-7-9-15(21-19(25)27-20(3,4)5)17(23)22-14(11-13)8-10-16(22)18(24)26-6/h14-16H,7-11H2,1-6H3,(H,21,25)/t14-,15+,16+/m1/s1. The molecule has 2 aliphatic heterocycles. The molecule has 0 aliphatic carbocycles. The van der Waals surface area contributed by atoms with Crippen LogP contribution in [0.25, 0.3) is 0 Å². The highest BCUT2D eigenvalue weighted by atomic mass is 16.6. The molecule has 7 heteroatoms. The summed E-state index contributed by atoms with van der Waals surface area (Å²) in [6.07, 6.45) is 2.70. The predicted molar refractivity (Wildman–Crippen MR) is 101 cm³/mol. The molecule has 27 heavy (non-hydrogen) atoms. The van der Waals surface area contributed by atoms with Crippen molar-refractivity contribution in [3.05, 3.63) is 11.1 Å². The minimum atomic E-state index is -0.720. The van der Waals surface area contributed by atoms with E-state index in [1.165, 1.54) is 18.3 Å². The number of amides is 2. The van der Waals surface area contributed by atoms with Crippen LogP contribution in [0.4, 0.5) is 4.79 Å². The normalized spacial score (nSPS) is 26.0. The molecule has 2 heterocycles. The minimum absolute atomic E-state index is 0.0465. The van der Waals surface area contributed by atoms with Crippen molar-refractivity contribution in [2.24, 2.45) is 0 Å². The van der Waals surface area contributed by atoms with E-state index >= 15 is 0 Å². The number of nitrogens with zero attached hydrogens (tertiary/aromatic N) is 1. The third-order valence-electron chi connectivity index (χ3n) is 5.14. The van der Waals surface area contributed by atoms with Gasteiger partial charge >= 0.3 is 12.1 Å². The summed E-state index contributed by atoms with van der Waals surface area (Å²) in [7, 11) is 1.34. The van der Waals surface area contributed by atoms with Crippen LogP contribution in [-0.4, -0.2) is 53.7 Å². The van der Waals surface area contributed by atoms with Gasteiger partial charge in [0.15, 0.2) is 0 Å². The number of fused-ring (bicyclic) bond motifs is 1. The Morgan fingerprint density at radius 1 is 1.15 bits per heavy atom. The van der Waals surface area contributed by atoms with E-state index in [2.05, 4.69) is 19.2 Å². The first-order valence-corrected chi connectivity index (χ1v) is 9.58. The van der Waals surface area contributed by atoms with Crippen molar-refractivity contribution in [3.63, 3.8) is 0 Å². The van der Waals surface area contributed by atoms with E-state index < -0.39 is 29.7 Å². The van der Waals surface area contributed by atoms with Crippen molar-refractivity contribution in [1.29, 1.82) is 0 Å². The number of methoxy groups -OCH3 is 1. The number of allylic oxidation sites excluding steroid dienone is 1. The first-order chi connectivity index (χ1) is 12.5. The highest BCUT2D eigenvalue weighted by Crippen LogP contribution is 2.34. The summed E-state index contributed by atoms with van der Waals surface area (Å²) in [4.78, 5) is 39.3. The average Bonchev–Trinajstić information content (AvgIpc) is 2.95. The van der Waals surface area contributed by atoms with Gasteiger partial charge in [0.05, 0.1) is 7.11 Å². The van der Waals surface area contributed by atoms with Crippen molar-refractivity contribution in [3.8, 4) is 0 Å². The number of hydrogen-bond donors (Lipinski definition) is 1. The van der Waals surface area contributed by atoms with Crippen molar-refractivity contribution in [2.45, 2.75) is 90.4 Å². The lowest BCUT2D eigenvalue weighted by Crippen LogP contribution is -2.55. The van der Waals surface area contributed by atoms with E-state index in [4.69, 9.17) is 9.47 Å². The van der Waals surface area contributed by atoms with Crippen LogP contribution in [0.1, 0.15) is 66.7 Å². The van der Waals surface area contributed by atoms with Gasteiger partial charge in [0.25, 0.3) is 0 Å². The van der Waals surface area contributed by atoms with Crippen LogP contribution in [0.3, 0.4) is 0 Å². The molecule has 0 aromatic rings. The van der Waals surface area contributed by atoms with E-state index in [-0.39, 0.29) is 11.9 Å². The first kappa shape index (κ1) is 21.3. The molecule has 152 valence electrons. The van der Waals surface area contributed by atoms with Crippen LogP contribution in [-0.2, 0) is 19.1 Å². The monoisotopic (exact) mass is 380 g/mol. The largest absolute Gasteiger partial charge is 0.467 e. The Kier molecular flexibility index (Phi) is 6.54. The summed E-state index contributed by atoms with van der Waals surface area (Å²) < 4.78 is 10.2. The van der Waals surface area contributed by atoms with Gasteiger partial charge in [0.2, 0.25) is 5.91 Å². The van der Waals surface area contributed by atoms with Gasteiger partial charge in [0.1, 0.15) is 17.7 Å². The lowest BCUT2D eigenvalue weighted by Gasteiger charge is -2.36. The SMILES string of the molecule is COC(=O)[C@@H]1CC[C@@H]2CC(=C(C)C)CC[C@H](NC(=O)OC(C)(C)C)C(=O)N21. The Bertz CT molecular complexity index is 631. The third-order valence-corrected chi connectivity index (χ3v) is 5.14. The molecule has 7 nitrogen and oxygen atoms in total. The topological polar surface area (TPSA) is 84.9 Å². The fourth-order valence-corrected chi connectivity index (χ4v) is 3.83. The maximum atomic E-state index is 13.2. The second-order valence-corrected chi connectivity index (χ2v) is 8.56. The first-order valence-electron chi connectivity index (χ1n) is 9.58. The summed E-state index contributed by atoms with van der Waals surface area (Å²) in [5, 5.41) is 2.72. The van der Waals surface area contributed by atoms with E-state index in [1.54, 1.807) is 25.7 Å². The lowest BCUT2D eigenvalue weighted by molar-refractivity contribution is -0.153. The summed E-state index contributed by atoms with van der Waals surface area (Å²) >= 11 is 0. The van der Waals surface area contributed by atoms with Crippen LogP contribution in [0.15, 0.2) is 11.1 Å². The second-order valence-electron chi connectivity index (χ2n) is 8.56. The van der Waals surface area contributed by atoms with E-state index in [0.717, 1.165) is 19.3 Å². The average molecular weight is 380 g/mol. The molecule has 0 radical (unpaired) electrons. The van der Waals surface area contributed by atoms with E-state index in [0.29, 0.717) is 12.8 Å². The molecule has 2 rings (SSSR count). The summed E-state index contributed by atoms with van der Waals surface area (Å²) in [5.74, 6) is -0.632. The highest BCUT2D eigenvalue weighted by Gasteiger charge is 2.45. The number of hydrogen-bond acceptors (Lipinski definition) is 5. The fourth-order valence-electron chi connectivity index (χ4n) is 3.83. The molecule has 3 atom stereocenters. The van der Waals surface area contributed by atoms with Gasteiger partial charge in [-0.25, -0.2) is 9.59 Å². The third kappa shape index (κ3) is 5.23. The maximum absolute atomic E-state index is 13.2. The molecule has 2 amide bonds. The van der Waals surface area contributed by atoms with Crippen LogP contribution >= 0.6 is 0 Å². The smallest absolute Gasteiger partial charge is 0.408 e. The maximum Gasteiger partial charge on any atom is 0.408 e. The lowest BCUT2D eigenvalue weighted by atomic mass is 9.91. The highest BCUT2D eigenvalue weighted by molar-refractivity contribution is 5.90. The molecule has 1 N–H and O–H groups in total. The molecule has 2 fully saturated rings. The Morgan fingerprint density at radius 3 is 2.37 bits per heavy atom. The molecule has 0 saturated carbocycles. The number of rotatable bonds is 2. The molecule has 2 saturated heterocycles. The van der Waals surface area contributed by atoms with Crippen molar-refractivity contribution in [1.82, 2.24) is 10.2 Å². The zero-order valence-electron chi connectivity index (χ0n) is 17.3. The molecule has 0 aromatic carbocycles. The van der Waals surface area contributed by atoms with Gasteiger partial charge in [-0.1, -0.05) is 11.1 Å². The number of carbonyl (C=O) groups is 3. The second kappa shape index (κ2) is 8.31. The van der Waals surface area contributed by atoms with Gasteiger partial charge in [-0.2, -0.15) is 0 Å². The van der Waals surface area contributed by atoms with Gasteiger partial charge in [-0.3, -0.25) is 4.79 Å². The fraction of sp³-hybridized carbons (Fsp3) is 0.750. The van der Waals surface area contributed by atoms with Crippen LogP contribution in [0, 0.1) is 0 Å². The van der Waals surface area contributed by atoms with Crippen LogP contribution < -0.4 is 5.32 Å². The van der Waals surface area contributed by atoms with Crippen molar-refractivity contribution in [2.75, 3.05) is 7.11 Å². The Hall–Kier alpha value is -2.05. The van der Waals surface area contributed by atoms with E-state index in [1.807, 2.05) is 0 Å². The van der Waals surface area contributed by atoms with Crippen molar-refractivity contribution < 1.29 is 23.9 Å². The molecular formula is C20H32N2O5. The number of esters is 1. The Morgan fingerprint density at radius 2 is 1.81 bits per heavy atom. The number of alkyl carbamates (subject to hydrolysis) is 1. The molecule has 0 aromatic heterocycles. The zero-order valence-corrected chi connectivity index (χ0v) is 17.3. The molecule has 2 aliphatic rings. The summed E-state index contributed by atoms with van der Waals surface area (Å²) in [6.45, 7) is 9.45. The van der Waals surface area contributed by atoms with E-state index in [9.17, 15) is 14.4 Å². The minimum Gasteiger partial charge on any atom is -0.467 e. The Labute approximate surface area is 161 Å². The molecular weight excluding hydrogens is 348 g/mol. The summed E-state index contributed by atoms with van der Waals surface area (Å²) in [5.41, 5.74) is 1.85.